The van der Waals surface area contributed by atoms with Crippen molar-refractivity contribution in [3.63, 3.8) is 0 Å². The van der Waals surface area contributed by atoms with Crippen LogP contribution in [0.3, 0.4) is 0 Å². The van der Waals surface area contributed by atoms with Crippen molar-refractivity contribution in [3.05, 3.63) is 40.6 Å². The number of rotatable bonds is 3. The molecule has 2 heterocycles. The number of aromatic nitrogens is 1. The van der Waals surface area contributed by atoms with Crippen LogP contribution < -0.4 is 10.6 Å². The number of hydrogen-bond acceptors (Lipinski definition) is 4. The number of amides is 1. The number of carbonyl (C=O) groups is 2. The molecule has 6 nitrogen and oxygen atoms in total. The first-order valence-electron chi connectivity index (χ1n) is 7.98. The van der Waals surface area contributed by atoms with E-state index in [1.54, 1.807) is 0 Å². The van der Waals surface area contributed by atoms with E-state index in [-0.39, 0.29) is 37.3 Å². The Labute approximate surface area is 164 Å². The average Bonchev–Trinajstić information content (AvgIpc) is 2.99. The van der Waals surface area contributed by atoms with Crippen molar-refractivity contribution in [1.29, 1.82) is 0 Å². The van der Waals surface area contributed by atoms with E-state index in [0.29, 0.717) is 18.5 Å². The number of benzene rings is 1. The highest BCUT2D eigenvalue weighted by atomic mass is 35.5. The summed E-state index contributed by atoms with van der Waals surface area (Å²) in [6.45, 7) is 6.46. The SMILES string of the molecule is Cc1ccc2nc(C)c(C)c(C(=O)NC3(C(=O)O)CCNC3)c2c1.Cl.Cl. The van der Waals surface area contributed by atoms with Crippen LogP contribution >= 0.6 is 24.8 Å². The second kappa shape index (κ2) is 8.20. The lowest BCUT2D eigenvalue weighted by Gasteiger charge is -2.25. The van der Waals surface area contributed by atoms with Gasteiger partial charge < -0.3 is 15.7 Å². The van der Waals surface area contributed by atoms with Gasteiger partial charge in [0.05, 0.1) is 11.1 Å². The first-order valence-corrected chi connectivity index (χ1v) is 7.98. The van der Waals surface area contributed by atoms with Gasteiger partial charge in [-0.25, -0.2) is 4.79 Å². The molecule has 8 heteroatoms. The van der Waals surface area contributed by atoms with Crippen LogP contribution in [0.5, 0.6) is 0 Å². The summed E-state index contributed by atoms with van der Waals surface area (Å²) in [5, 5.41) is 16.1. The number of carboxylic acid groups (broad SMARTS) is 1. The average molecular weight is 400 g/mol. The van der Waals surface area contributed by atoms with Crippen LogP contribution in [0.25, 0.3) is 10.9 Å². The molecule has 0 spiro atoms. The third kappa shape index (κ3) is 3.77. The topological polar surface area (TPSA) is 91.3 Å². The van der Waals surface area contributed by atoms with Gasteiger partial charge in [-0.05, 0) is 51.4 Å². The van der Waals surface area contributed by atoms with Crippen LogP contribution in [0.15, 0.2) is 18.2 Å². The van der Waals surface area contributed by atoms with Crippen LogP contribution in [0.4, 0.5) is 0 Å². The van der Waals surface area contributed by atoms with Crippen molar-refractivity contribution >= 4 is 47.6 Å². The molecule has 2 aromatic rings. The number of halogens is 2. The predicted octanol–water partition coefficient (Wildman–Crippen LogP) is 2.55. The molecule has 1 unspecified atom stereocenters. The van der Waals surface area contributed by atoms with Gasteiger partial charge in [0, 0.05) is 17.6 Å². The Morgan fingerprint density at radius 2 is 1.92 bits per heavy atom. The third-order valence-corrected chi connectivity index (χ3v) is 4.77. The predicted molar refractivity (Wildman–Crippen MR) is 106 cm³/mol. The highest BCUT2D eigenvalue weighted by Crippen LogP contribution is 2.25. The van der Waals surface area contributed by atoms with E-state index >= 15 is 0 Å². The van der Waals surface area contributed by atoms with Gasteiger partial charge in [0.25, 0.3) is 5.91 Å². The molecule has 26 heavy (non-hydrogen) atoms. The van der Waals surface area contributed by atoms with E-state index in [2.05, 4.69) is 15.6 Å². The number of aryl methyl sites for hydroxylation is 2. The number of nitrogens with one attached hydrogen (secondary N) is 2. The van der Waals surface area contributed by atoms with Crippen LogP contribution in [0, 0.1) is 20.8 Å². The van der Waals surface area contributed by atoms with E-state index in [4.69, 9.17) is 0 Å². The molecule has 0 aliphatic carbocycles. The second-order valence-corrected chi connectivity index (χ2v) is 6.49. The van der Waals surface area contributed by atoms with E-state index in [1.807, 2.05) is 39.0 Å². The van der Waals surface area contributed by atoms with Gasteiger partial charge in [0.1, 0.15) is 0 Å². The molecule has 0 radical (unpaired) electrons. The molecule has 1 fully saturated rings. The minimum Gasteiger partial charge on any atom is -0.479 e. The fourth-order valence-electron chi connectivity index (χ4n) is 3.20. The molecular formula is C18H23Cl2N3O3. The molecule has 1 aromatic carbocycles. The Balaban J connectivity index is 0.00000169. The molecule has 3 N–H and O–H groups in total. The fourth-order valence-corrected chi connectivity index (χ4v) is 3.20. The summed E-state index contributed by atoms with van der Waals surface area (Å²) in [7, 11) is 0. The first-order chi connectivity index (χ1) is 11.3. The van der Waals surface area contributed by atoms with Crippen molar-refractivity contribution in [2.75, 3.05) is 13.1 Å². The molecule has 1 saturated heterocycles. The van der Waals surface area contributed by atoms with Crippen LogP contribution in [0.2, 0.25) is 0 Å². The normalized spacial score (nSPS) is 18.7. The lowest BCUT2D eigenvalue weighted by atomic mass is 9.95. The summed E-state index contributed by atoms with van der Waals surface area (Å²) in [6, 6.07) is 5.76. The smallest absolute Gasteiger partial charge is 0.330 e. The highest BCUT2D eigenvalue weighted by Gasteiger charge is 2.43. The van der Waals surface area contributed by atoms with E-state index in [1.165, 1.54) is 0 Å². The highest BCUT2D eigenvalue weighted by molar-refractivity contribution is 6.09. The monoisotopic (exact) mass is 399 g/mol. The third-order valence-electron chi connectivity index (χ3n) is 4.77. The standard InChI is InChI=1S/C18H21N3O3.2ClH/c1-10-4-5-14-13(8-10)15(11(2)12(3)20-14)16(22)21-18(17(23)24)6-7-19-9-18;;/h4-5,8,19H,6-7,9H2,1-3H3,(H,21,22)(H,23,24);2*1H. The van der Waals surface area contributed by atoms with Crippen LogP contribution in [0.1, 0.15) is 33.6 Å². The van der Waals surface area contributed by atoms with Gasteiger partial charge in [-0.3, -0.25) is 9.78 Å². The molecule has 1 amide bonds. The summed E-state index contributed by atoms with van der Waals surface area (Å²) in [4.78, 5) is 29.2. The van der Waals surface area contributed by atoms with E-state index < -0.39 is 11.5 Å². The Morgan fingerprint density at radius 1 is 1.23 bits per heavy atom. The number of nitrogens with zero attached hydrogens (tertiary/aromatic N) is 1. The fraction of sp³-hybridized carbons (Fsp3) is 0.389. The van der Waals surface area contributed by atoms with Gasteiger partial charge in [0.15, 0.2) is 5.54 Å². The Morgan fingerprint density at radius 3 is 2.50 bits per heavy atom. The minimum atomic E-state index is -1.25. The van der Waals surface area contributed by atoms with Gasteiger partial charge in [-0.1, -0.05) is 11.6 Å². The molecule has 0 bridgehead atoms. The summed E-state index contributed by atoms with van der Waals surface area (Å²) < 4.78 is 0. The minimum absolute atomic E-state index is 0. The summed E-state index contributed by atoms with van der Waals surface area (Å²) in [5.74, 6) is -1.37. The zero-order valence-corrected chi connectivity index (χ0v) is 16.5. The molecule has 1 aromatic heterocycles. The maximum absolute atomic E-state index is 13.0. The lowest BCUT2D eigenvalue weighted by Crippen LogP contribution is -2.56. The van der Waals surface area contributed by atoms with E-state index in [9.17, 15) is 14.7 Å². The van der Waals surface area contributed by atoms with Gasteiger partial charge in [0.2, 0.25) is 0 Å². The Bertz CT molecular complexity index is 849. The first kappa shape index (κ1) is 22.2. The van der Waals surface area contributed by atoms with Gasteiger partial charge in [-0.2, -0.15) is 0 Å². The Kier molecular flexibility index (Phi) is 6.99. The maximum atomic E-state index is 13.0. The number of aliphatic carboxylic acids is 1. The summed E-state index contributed by atoms with van der Waals surface area (Å²) in [6.07, 6.45) is 0.369. The van der Waals surface area contributed by atoms with Crippen molar-refractivity contribution in [2.45, 2.75) is 32.7 Å². The van der Waals surface area contributed by atoms with Crippen molar-refractivity contribution in [1.82, 2.24) is 15.6 Å². The molecule has 3 rings (SSSR count). The van der Waals surface area contributed by atoms with E-state index in [0.717, 1.165) is 27.7 Å². The summed E-state index contributed by atoms with van der Waals surface area (Å²) in [5.41, 5.74) is 2.56. The quantitative estimate of drug-likeness (QED) is 0.737. The van der Waals surface area contributed by atoms with Crippen LogP contribution in [-0.2, 0) is 4.79 Å². The molecule has 1 aliphatic rings. The molecule has 0 saturated carbocycles. The van der Waals surface area contributed by atoms with Crippen molar-refractivity contribution in [3.8, 4) is 0 Å². The van der Waals surface area contributed by atoms with Crippen LogP contribution in [-0.4, -0.2) is 40.6 Å². The number of carbonyl (C=O) groups excluding carboxylic acids is 1. The molecular weight excluding hydrogens is 377 g/mol. The largest absolute Gasteiger partial charge is 0.479 e. The molecule has 1 aliphatic heterocycles. The van der Waals surface area contributed by atoms with Gasteiger partial charge in [-0.15, -0.1) is 24.8 Å². The number of carboxylic acids is 1. The zero-order valence-electron chi connectivity index (χ0n) is 14.9. The van der Waals surface area contributed by atoms with Crippen molar-refractivity contribution < 1.29 is 14.7 Å². The van der Waals surface area contributed by atoms with Gasteiger partial charge >= 0.3 is 5.97 Å². The summed E-state index contributed by atoms with van der Waals surface area (Å²) >= 11 is 0. The number of fused-ring (bicyclic) bond motifs is 1. The number of pyridine rings is 1. The molecule has 142 valence electrons. The molecule has 1 atom stereocenters. The Hall–Kier alpha value is -1.89. The lowest BCUT2D eigenvalue weighted by molar-refractivity contribution is -0.143. The maximum Gasteiger partial charge on any atom is 0.330 e. The number of hydrogen-bond donors (Lipinski definition) is 3. The van der Waals surface area contributed by atoms with Crippen molar-refractivity contribution in [2.24, 2.45) is 0 Å². The second-order valence-electron chi connectivity index (χ2n) is 6.49. The zero-order chi connectivity index (χ0) is 17.5.